The van der Waals surface area contributed by atoms with Crippen molar-refractivity contribution in [1.29, 1.82) is 0 Å². The van der Waals surface area contributed by atoms with Gasteiger partial charge in [-0.15, -0.1) is 0 Å². The summed E-state index contributed by atoms with van der Waals surface area (Å²) in [6.45, 7) is 7.86. The number of halogens is 3. The topological polar surface area (TPSA) is 83.0 Å². The molecule has 1 N–H and O–H groups in total. The Labute approximate surface area is 260 Å². The fourth-order valence-corrected chi connectivity index (χ4v) is 5.70. The van der Waals surface area contributed by atoms with Crippen molar-refractivity contribution in [2.75, 3.05) is 26.9 Å². The second kappa shape index (κ2) is 12.4. The Hall–Kier alpha value is -4.21. The number of imidazole rings is 1. The number of nitrogens with zero attached hydrogens (tertiary/aromatic N) is 4. The zero-order valence-corrected chi connectivity index (χ0v) is 25.2. The number of aromatic nitrogens is 3. The molecule has 6 rings (SSSR count). The standard InChI is InChI=1S/C33H27BrF2N4O4/c1-37-23-9-6-21(25(35)16-23)17-44-30-5-3-4-27(38-30)20-7-10-24(26(36)14-20)31(33(41)18-43-19-33)32-39-28-11-8-22(34)15-29(28)40(32)12-13-42-2/h3-11,14-16,31,41H,12-13,17-19H2,2H3. The predicted octanol–water partition coefficient (Wildman–Crippen LogP) is 6.81. The smallest absolute Gasteiger partial charge is 0.214 e. The van der Waals surface area contributed by atoms with Gasteiger partial charge >= 0.3 is 0 Å². The summed E-state index contributed by atoms with van der Waals surface area (Å²) in [5.41, 5.74) is 1.91. The van der Waals surface area contributed by atoms with Crippen LogP contribution in [0.4, 0.5) is 14.5 Å². The number of hydrogen-bond acceptors (Lipinski definition) is 6. The summed E-state index contributed by atoms with van der Waals surface area (Å²) in [5.74, 6) is -1.14. The molecule has 1 aliphatic heterocycles. The first-order valence-corrected chi connectivity index (χ1v) is 14.6. The predicted molar refractivity (Wildman–Crippen MR) is 164 cm³/mol. The van der Waals surface area contributed by atoms with Crippen LogP contribution in [0.3, 0.4) is 0 Å². The Morgan fingerprint density at radius 1 is 1.07 bits per heavy atom. The summed E-state index contributed by atoms with van der Waals surface area (Å²) in [5, 5.41) is 11.6. The first kappa shape index (κ1) is 29.8. The molecule has 1 atom stereocenters. The van der Waals surface area contributed by atoms with Crippen LogP contribution in [0.1, 0.15) is 22.9 Å². The number of methoxy groups -OCH3 is 1. The molecule has 224 valence electrons. The molecule has 0 spiro atoms. The van der Waals surface area contributed by atoms with Gasteiger partial charge in [-0.25, -0.2) is 23.6 Å². The van der Waals surface area contributed by atoms with Gasteiger partial charge in [-0.2, -0.15) is 0 Å². The van der Waals surface area contributed by atoms with Gasteiger partial charge in [0.2, 0.25) is 5.88 Å². The highest BCUT2D eigenvalue weighted by Gasteiger charge is 2.48. The van der Waals surface area contributed by atoms with E-state index in [9.17, 15) is 9.50 Å². The SMILES string of the molecule is [C-]#[N+]c1ccc(COc2cccc(-c3ccc(C(c4nc5ccc(Br)cc5n4CCOC)C4(O)COC4)c(F)c3)n2)c(F)c1. The maximum atomic E-state index is 16.1. The van der Waals surface area contributed by atoms with Crippen molar-refractivity contribution in [1.82, 2.24) is 14.5 Å². The van der Waals surface area contributed by atoms with Crippen LogP contribution < -0.4 is 4.74 Å². The Balaban J connectivity index is 1.33. The van der Waals surface area contributed by atoms with Crippen LogP contribution in [0.25, 0.3) is 27.1 Å². The maximum Gasteiger partial charge on any atom is 0.214 e. The van der Waals surface area contributed by atoms with Gasteiger partial charge in [0, 0.05) is 40.9 Å². The Morgan fingerprint density at radius 3 is 2.61 bits per heavy atom. The van der Waals surface area contributed by atoms with Gasteiger partial charge in [0.05, 0.1) is 49.0 Å². The summed E-state index contributed by atoms with van der Waals surface area (Å²) in [4.78, 5) is 12.6. The quantitative estimate of drug-likeness (QED) is 0.166. The lowest BCUT2D eigenvalue weighted by molar-refractivity contribution is -0.187. The molecule has 1 fully saturated rings. The molecule has 8 nitrogen and oxygen atoms in total. The third-order valence-electron chi connectivity index (χ3n) is 7.63. The maximum absolute atomic E-state index is 16.1. The molecule has 1 aliphatic rings. The molecule has 0 aliphatic carbocycles. The van der Waals surface area contributed by atoms with Crippen molar-refractivity contribution >= 4 is 32.7 Å². The van der Waals surface area contributed by atoms with Crippen LogP contribution in [0.5, 0.6) is 5.88 Å². The summed E-state index contributed by atoms with van der Waals surface area (Å²) in [7, 11) is 1.61. The van der Waals surface area contributed by atoms with Gasteiger partial charge in [0.1, 0.15) is 29.7 Å². The number of pyridine rings is 1. The zero-order valence-electron chi connectivity index (χ0n) is 23.6. The van der Waals surface area contributed by atoms with E-state index < -0.39 is 23.2 Å². The first-order valence-electron chi connectivity index (χ1n) is 13.8. The lowest BCUT2D eigenvalue weighted by Gasteiger charge is -2.42. The van der Waals surface area contributed by atoms with E-state index in [0.717, 1.165) is 16.1 Å². The molecule has 1 saturated heterocycles. The summed E-state index contributed by atoms with van der Waals surface area (Å²) in [6.07, 6.45) is 0. The molecule has 0 bridgehead atoms. The van der Waals surface area contributed by atoms with Gasteiger partial charge in [-0.05, 0) is 36.4 Å². The molecule has 0 radical (unpaired) electrons. The second-order valence-corrected chi connectivity index (χ2v) is 11.5. The van der Waals surface area contributed by atoms with E-state index in [1.807, 2.05) is 22.8 Å². The second-order valence-electron chi connectivity index (χ2n) is 10.6. The van der Waals surface area contributed by atoms with Crippen molar-refractivity contribution in [2.45, 2.75) is 24.7 Å². The summed E-state index contributed by atoms with van der Waals surface area (Å²) >= 11 is 3.52. The monoisotopic (exact) mass is 660 g/mol. The highest BCUT2D eigenvalue weighted by Crippen LogP contribution is 2.42. The largest absolute Gasteiger partial charge is 0.473 e. The normalized spacial score (nSPS) is 14.6. The number of rotatable bonds is 10. The molecule has 11 heteroatoms. The van der Waals surface area contributed by atoms with Crippen LogP contribution in [0, 0.1) is 18.2 Å². The molecule has 5 aromatic rings. The lowest BCUT2D eigenvalue weighted by Crippen LogP contribution is -2.55. The third kappa shape index (κ3) is 5.81. The number of hydrogen-bond donors (Lipinski definition) is 1. The molecule has 44 heavy (non-hydrogen) atoms. The van der Waals surface area contributed by atoms with E-state index in [4.69, 9.17) is 25.8 Å². The van der Waals surface area contributed by atoms with E-state index in [1.165, 1.54) is 18.2 Å². The van der Waals surface area contributed by atoms with Crippen molar-refractivity contribution in [3.8, 4) is 17.1 Å². The molecular weight excluding hydrogens is 634 g/mol. The minimum Gasteiger partial charge on any atom is -0.473 e. The summed E-state index contributed by atoms with van der Waals surface area (Å²) in [6, 6.07) is 19.7. The van der Waals surface area contributed by atoms with Crippen molar-refractivity contribution in [3.63, 3.8) is 0 Å². The Morgan fingerprint density at radius 2 is 1.91 bits per heavy atom. The zero-order chi connectivity index (χ0) is 30.8. The van der Waals surface area contributed by atoms with E-state index in [0.29, 0.717) is 35.8 Å². The fourth-order valence-electron chi connectivity index (χ4n) is 5.35. The highest BCUT2D eigenvalue weighted by atomic mass is 79.9. The summed E-state index contributed by atoms with van der Waals surface area (Å²) < 4.78 is 49.7. The van der Waals surface area contributed by atoms with Gasteiger partial charge in [-0.1, -0.05) is 46.3 Å². The number of fused-ring (bicyclic) bond motifs is 1. The van der Waals surface area contributed by atoms with Crippen LogP contribution in [0.15, 0.2) is 77.3 Å². The molecule has 2 aromatic heterocycles. The first-order chi connectivity index (χ1) is 21.3. The average Bonchev–Trinajstić information content (AvgIpc) is 3.36. The average molecular weight is 662 g/mol. The third-order valence-corrected chi connectivity index (χ3v) is 8.12. The van der Waals surface area contributed by atoms with Crippen molar-refractivity contribution in [2.24, 2.45) is 0 Å². The van der Waals surface area contributed by atoms with Gasteiger partial charge in [-0.3, -0.25) is 0 Å². The van der Waals surface area contributed by atoms with E-state index in [-0.39, 0.29) is 42.5 Å². The molecular formula is C33H27BrF2N4O4. The lowest BCUT2D eigenvalue weighted by atomic mass is 9.79. The van der Waals surface area contributed by atoms with Crippen LogP contribution in [-0.2, 0) is 22.6 Å². The van der Waals surface area contributed by atoms with Crippen LogP contribution in [0.2, 0.25) is 0 Å². The Kier molecular flexibility index (Phi) is 8.42. The van der Waals surface area contributed by atoms with E-state index >= 15 is 4.39 Å². The number of aliphatic hydroxyl groups is 1. The van der Waals surface area contributed by atoms with Gasteiger partial charge in [0.15, 0.2) is 5.69 Å². The van der Waals surface area contributed by atoms with Crippen LogP contribution >= 0.6 is 15.9 Å². The Bertz CT molecular complexity index is 1890. The molecule has 1 unspecified atom stereocenters. The number of ether oxygens (including phenoxy) is 3. The van der Waals surface area contributed by atoms with Gasteiger partial charge < -0.3 is 23.9 Å². The molecule has 3 aromatic carbocycles. The van der Waals surface area contributed by atoms with E-state index in [1.54, 1.807) is 37.4 Å². The van der Waals surface area contributed by atoms with Crippen molar-refractivity contribution < 1.29 is 28.1 Å². The van der Waals surface area contributed by atoms with Crippen molar-refractivity contribution in [3.05, 3.63) is 117 Å². The fraction of sp³-hybridized carbons (Fsp3) is 0.242. The minimum atomic E-state index is -1.36. The van der Waals surface area contributed by atoms with Crippen LogP contribution in [-0.4, -0.2) is 52.2 Å². The number of benzene rings is 3. The van der Waals surface area contributed by atoms with Gasteiger partial charge in [0.25, 0.3) is 0 Å². The molecule has 3 heterocycles. The minimum absolute atomic E-state index is 0.0399. The highest BCUT2D eigenvalue weighted by molar-refractivity contribution is 9.10. The van der Waals surface area contributed by atoms with E-state index in [2.05, 4.69) is 25.8 Å². The molecule has 0 saturated carbocycles. The molecule has 0 amide bonds.